The lowest BCUT2D eigenvalue weighted by molar-refractivity contribution is 0.0269. The maximum absolute atomic E-state index is 12.4. The molecule has 0 saturated heterocycles. The van der Waals surface area contributed by atoms with Crippen LogP contribution in [0.25, 0.3) is 0 Å². The maximum atomic E-state index is 12.4. The average molecular weight is 316 g/mol. The van der Waals surface area contributed by atoms with Crippen molar-refractivity contribution in [3.05, 3.63) is 41.0 Å². The van der Waals surface area contributed by atoms with Crippen LogP contribution in [0.5, 0.6) is 5.75 Å². The standard InChI is InChI=1S/C19H24O4/c1-11(2)16(15-9-18(4)10-19(18,22)12(15)3)23-17(21)13-5-7-14(20)8-6-13/h5-8,11,16,20,22H,9-10H2,1-4H3/t16-,18-,19+/m1/s1. The lowest BCUT2D eigenvalue weighted by Gasteiger charge is -2.25. The Balaban J connectivity index is 1.82. The quantitative estimate of drug-likeness (QED) is 0.659. The minimum atomic E-state index is -0.708. The van der Waals surface area contributed by atoms with E-state index >= 15 is 0 Å². The Morgan fingerprint density at radius 2 is 1.87 bits per heavy atom. The summed E-state index contributed by atoms with van der Waals surface area (Å²) in [6.45, 7) is 8.08. The SMILES string of the molecule is CC1=C([C@H](OC(=O)c2ccc(O)cc2)C(C)C)C[C@]2(C)C[C@]12O. The Morgan fingerprint density at radius 3 is 2.35 bits per heavy atom. The highest BCUT2D eigenvalue weighted by atomic mass is 16.5. The van der Waals surface area contributed by atoms with Crippen molar-refractivity contribution < 1.29 is 19.7 Å². The van der Waals surface area contributed by atoms with E-state index in [4.69, 9.17) is 4.74 Å². The summed E-state index contributed by atoms with van der Waals surface area (Å²) in [4.78, 5) is 12.4. The van der Waals surface area contributed by atoms with Crippen molar-refractivity contribution in [1.29, 1.82) is 0 Å². The van der Waals surface area contributed by atoms with Crippen molar-refractivity contribution in [1.82, 2.24) is 0 Å². The van der Waals surface area contributed by atoms with Gasteiger partial charge in [0.2, 0.25) is 0 Å². The van der Waals surface area contributed by atoms with E-state index in [-0.39, 0.29) is 23.2 Å². The van der Waals surface area contributed by atoms with Crippen LogP contribution in [0, 0.1) is 11.3 Å². The molecule has 0 aliphatic heterocycles. The van der Waals surface area contributed by atoms with Crippen LogP contribution in [0.3, 0.4) is 0 Å². The number of hydrogen-bond donors (Lipinski definition) is 2. The molecule has 1 aromatic rings. The van der Waals surface area contributed by atoms with Gasteiger partial charge in [-0.15, -0.1) is 0 Å². The van der Waals surface area contributed by atoms with Crippen molar-refractivity contribution in [2.45, 2.75) is 52.2 Å². The van der Waals surface area contributed by atoms with Crippen LogP contribution in [-0.2, 0) is 4.74 Å². The van der Waals surface area contributed by atoms with Crippen LogP contribution < -0.4 is 0 Å². The zero-order chi connectivity index (χ0) is 17.0. The number of rotatable bonds is 4. The number of carbonyl (C=O) groups excluding carboxylic acids is 1. The molecule has 124 valence electrons. The highest BCUT2D eigenvalue weighted by molar-refractivity contribution is 5.89. The van der Waals surface area contributed by atoms with Crippen LogP contribution in [0.15, 0.2) is 35.4 Å². The number of phenolic OH excluding ortho intramolecular Hbond substituents is 1. The third-order valence-corrected chi connectivity index (χ3v) is 5.49. The molecule has 0 spiro atoms. The number of aliphatic hydroxyl groups is 1. The van der Waals surface area contributed by atoms with E-state index in [2.05, 4.69) is 6.92 Å². The second-order valence-electron chi connectivity index (χ2n) is 7.54. The van der Waals surface area contributed by atoms with Crippen molar-refractivity contribution >= 4 is 5.97 Å². The molecule has 2 aliphatic carbocycles. The molecule has 0 radical (unpaired) electrons. The summed E-state index contributed by atoms with van der Waals surface area (Å²) in [5.41, 5.74) is 1.64. The minimum absolute atomic E-state index is 0.0928. The molecule has 0 unspecified atom stereocenters. The fourth-order valence-corrected chi connectivity index (χ4v) is 3.84. The van der Waals surface area contributed by atoms with Gasteiger partial charge >= 0.3 is 5.97 Å². The Labute approximate surface area is 136 Å². The summed E-state index contributed by atoms with van der Waals surface area (Å²) in [6, 6.07) is 6.05. The third kappa shape index (κ3) is 2.45. The second kappa shape index (κ2) is 5.10. The van der Waals surface area contributed by atoms with Crippen molar-refractivity contribution in [2.75, 3.05) is 0 Å². The van der Waals surface area contributed by atoms with E-state index in [1.54, 1.807) is 12.1 Å². The van der Waals surface area contributed by atoms with Crippen molar-refractivity contribution in [2.24, 2.45) is 11.3 Å². The predicted molar refractivity (Wildman–Crippen MR) is 87.1 cm³/mol. The number of aromatic hydroxyl groups is 1. The normalized spacial score (nSPS) is 30.3. The van der Waals surface area contributed by atoms with Crippen LogP contribution in [0.1, 0.15) is 50.9 Å². The largest absolute Gasteiger partial charge is 0.508 e. The summed E-state index contributed by atoms with van der Waals surface area (Å²) in [5, 5.41) is 20.0. The molecule has 4 heteroatoms. The molecule has 3 atom stereocenters. The molecule has 2 N–H and O–H groups in total. The van der Waals surface area contributed by atoms with Crippen LogP contribution in [0.4, 0.5) is 0 Å². The molecule has 2 aliphatic rings. The van der Waals surface area contributed by atoms with Gasteiger partial charge in [-0.05, 0) is 61.1 Å². The van der Waals surface area contributed by atoms with Gasteiger partial charge in [-0.1, -0.05) is 20.8 Å². The van der Waals surface area contributed by atoms with Gasteiger partial charge in [0.25, 0.3) is 0 Å². The molecule has 4 nitrogen and oxygen atoms in total. The first-order valence-corrected chi connectivity index (χ1v) is 8.10. The topological polar surface area (TPSA) is 66.8 Å². The predicted octanol–water partition coefficient (Wildman–Crippen LogP) is 3.43. The summed E-state index contributed by atoms with van der Waals surface area (Å²) in [5.74, 6) is -0.154. The summed E-state index contributed by atoms with van der Waals surface area (Å²) >= 11 is 0. The molecular weight excluding hydrogens is 292 g/mol. The van der Waals surface area contributed by atoms with Crippen LogP contribution in [0.2, 0.25) is 0 Å². The first-order valence-electron chi connectivity index (χ1n) is 8.10. The molecule has 0 heterocycles. The first-order chi connectivity index (χ1) is 10.7. The lowest BCUT2D eigenvalue weighted by atomic mass is 9.91. The zero-order valence-corrected chi connectivity index (χ0v) is 14.1. The minimum Gasteiger partial charge on any atom is -0.508 e. The summed E-state index contributed by atoms with van der Waals surface area (Å²) in [6.07, 6.45) is 1.25. The van der Waals surface area contributed by atoms with Crippen molar-refractivity contribution in [3.8, 4) is 5.75 Å². The highest BCUT2D eigenvalue weighted by Gasteiger charge is 2.69. The molecule has 23 heavy (non-hydrogen) atoms. The van der Waals surface area contributed by atoms with Crippen molar-refractivity contribution in [3.63, 3.8) is 0 Å². The van der Waals surface area contributed by atoms with E-state index in [1.807, 2.05) is 20.8 Å². The number of esters is 1. The third-order valence-electron chi connectivity index (χ3n) is 5.49. The molecule has 3 rings (SSSR count). The van der Waals surface area contributed by atoms with E-state index in [9.17, 15) is 15.0 Å². The molecule has 0 bridgehead atoms. The average Bonchev–Trinajstić information content (AvgIpc) is 2.98. The Hall–Kier alpha value is -1.81. The number of carbonyl (C=O) groups is 1. The van der Waals surface area contributed by atoms with E-state index in [0.717, 1.165) is 24.0 Å². The highest BCUT2D eigenvalue weighted by Crippen LogP contribution is 2.69. The molecule has 0 amide bonds. The number of benzene rings is 1. The smallest absolute Gasteiger partial charge is 0.338 e. The van der Waals surface area contributed by atoms with Gasteiger partial charge in [0.1, 0.15) is 11.9 Å². The fourth-order valence-electron chi connectivity index (χ4n) is 3.84. The van der Waals surface area contributed by atoms with Gasteiger partial charge in [0.15, 0.2) is 0 Å². The second-order valence-corrected chi connectivity index (χ2v) is 7.54. The zero-order valence-electron chi connectivity index (χ0n) is 14.1. The van der Waals surface area contributed by atoms with E-state index in [0.29, 0.717) is 5.56 Å². The summed E-state index contributed by atoms with van der Waals surface area (Å²) < 4.78 is 5.76. The Morgan fingerprint density at radius 1 is 1.26 bits per heavy atom. The number of ether oxygens (including phenoxy) is 1. The molecule has 1 saturated carbocycles. The van der Waals surface area contributed by atoms with E-state index < -0.39 is 11.6 Å². The Kier molecular flexibility index (Phi) is 3.56. The number of fused-ring (bicyclic) bond motifs is 1. The monoisotopic (exact) mass is 316 g/mol. The molecule has 0 aromatic heterocycles. The molecule has 1 aromatic carbocycles. The molecular formula is C19H24O4. The van der Waals surface area contributed by atoms with Crippen LogP contribution in [-0.4, -0.2) is 27.9 Å². The van der Waals surface area contributed by atoms with Gasteiger partial charge in [-0.3, -0.25) is 0 Å². The first kappa shape index (κ1) is 16.1. The number of phenols is 1. The molecule has 1 fully saturated rings. The number of hydrogen-bond acceptors (Lipinski definition) is 4. The summed E-state index contributed by atoms with van der Waals surface area (Å²) in [7, 11) is 0. The lowest BCUT2D eigenvalue weighted by Crippen LogP contribution is -2.27. The van der Waals surface area contributed by atoms with Gasteiger partial charge < -0.3 is 14.9 Å². The van der Waals surface area contributed by atoms with Gasteiger partial charge in [0.05, 0.1) is 11.2 Å². The fraction of sp³-hybridized carbons (Fsp3) is 0.526. The van der Waals surface area contributed by atoms with Gasteiger partial charge in [-0.2, -0.15) is 0 Å². The van der Waals surface area contributed by atoms with Gasteiger partial charge in [-0.25, -0.2) is 4.79 Å². The maximum Gasteiger partial charge on any atom is 0.338 e. The van der Waals surface area contributed by atoms with Gasteiger partial charge in [0, 0.05) is 5.41 Å². The Bertz CT molecular complexity index is 673. The van der Waals surface area contributed by atoms with E-state index in [1.165, 1.54) is 12.1 Å². The van der Waals surface area contributed by atoms with Crippen LogP contribution >= 0.6 is 0 Å².